The maximum absolute atomic E-state index is 5.75. The summed E-state index contributed by atoms with van der Waals surface area (Å²) in [6, 6.07) is 8.88. The molecule has 106 valence electrons. The quantitative estimate of drug-likeness (QED) is 0.877. The smallest absolute Gasteiger partial charge is 0.116 e. The Morgan fingerprint density at radius 3 is 2.95 bits per heavy atom. The molecule has 4 heteroatoms. The number of para-hydroxylation sites is 2. The molecule has 2 aromatic rings. The first-order valence-corrected chi connectivity index (χ1v) is 7.80. The molecule has 2 unspecified atom stereocenters. The summed E-state index contributed by atoms with van der Waals surface area (Å²) in [6.07, 6.45) is 5.69. The van der Waals surface area contributed by atoms with Crippen LogP contribution in [0.25, 0.3) is 11.0 Å². The van der Waals surface area contributed by atoms with E-state index in [2.05, 4.69) is 29.7 Å². The average molecular weight is 287 g/mol. The lowest BCUT2D eigenvalue weighted by Crippen LogP contribution is -2.22. The SMILES string of the molecule is CC1CCCC(n2c(CC(N)=S)nc3ccccc32)C1. The zero-order chi connectivity index (χ0) is 14.1. The summed E-state index contributed by atoms with van der Waals surface area (Å²) in [5, 5.41) is 0. The van der Waals surface area contributed by atoms with Crippen LogP contribution in [-0.4, -0.2) is 14.5 Å². The predicted molar refractivity (Wildman–Crippen MR) is 86.9 cm³/mol. The summed E-state index contributed by atoms with van der Waals surface area (Å²) in [7, 11) is 0. The summed E-state index contributed by atoms with van der Waals surface area (Å²) >= 11 is 5.09. The lowest BCUT2D eigenvalue weighted by molar-refractivity contribution is 0.283. The second-order valence-electron chi connectivity index (χ2n) is 5.96. The first-order chi connectivity index (χ1) is 9.65. The third-order valence-electron chi connectivity index (χ3n) is 4.28. The minimum absolute atomic E-state index is 0.519. The standard InChI is InChI=1S/C16H21N3S/c1-11-5-4-6-12(9-11)19-14-8-3-2-7-13(14)18-16(19)10-15(17)20/h2-3,7-8,11-12H,4-6,9-10H2,1H3,(H2,17,20). The highest BCUT2D eigenvalue weighted by Gasteiger charge is 2.24. The fourth-order valence-corrected chi connectivity index (χ4v) is 3.55. The molecule has 0 saturated heterocycles. The Balaban J connectivity index is 2.07. The summed E-state index contributed by atoms with van der Waals surface area (Å²) < 4.78 is 2.39. The minimum Gasteiger partial charge on any atom is -0.393 e. The van der Waals surface area contributed by atoms with Gasteiger partial charge in [-0.3, -0.25) is 0 Å². The number of fused-ring (bicyclic) bond motifs is 1. The van der Waals surface area contributed by atoms with Gasteiger partial charge in [-0.05, 0) is 30.9 Å². The Hall–Kier alpha value is -1.42. The van der Waals surface area contributed by atoms with E-state index in [0.717, 1.165) is 17.3 Å². The van der Waals surface area contributed by atoms with Crippen LogP contribution in [0.5, 0.6) is 0 Å². The van der Waals surface area contributed by atoms with Crippen molar-refractivity contribution in [3.05, 3.63) is 30.1 Å². The number of imidazole rings is 1. The molecule has 0 bridgehead atoms. The van der Waals surface area contributed by atoms with Crippen LogP contribution >= 0.6 is 12.2 Å². The molecule has 1 heterocycles. The van der Waals surface area contributed by atoms with Gasteiger partial charge in [-0.2, -0.15) is 0 Å². The molecule has 3 rings (SSSR count). The van der Waals surface area contributed by atoms with Crippen molar-refractivity contribution in [1.82, 2.24) is 9.55 Å². The first-order valence-electron chi connectivity index (χ1n) is 7.39. The first kappa shape index (κ1) is 13.6. The third-order valence-corrected chi connectivity index (χ3v) is 4.42. The number of hydrogen-bond donors (Lipinski definition) is 1. The summed E-state index contributed by atoms with van der Waals surface area (Å²) in [6.45, 7) is 2.35. The minimum atomic E-state index is 0.519. The molecule has 20 heavy (non-hydrogen) atoms. The molecular weight excluding hydrogens is 266 g/mol. The molecule has 1 aromatic carbocycles. The fraction of sp³-hybridized carbons (Fsp3) is 0.500. The number of rotatable bonds is 3. The largest absolute Gasteiger partial charge is 0.393 e. The van der Waals surface area contributed by atoms with E-state index < -0.39 is 0 Å². The summed E-state index contributed by atoms with van der Waals surface area (Å²) in [5.74, 6) is 1.81. The Morgan fingerprint density at radius 2 is 2.20 bits per heavy atom. The molecule has 2 atom stereocenters. The molecule has 1 fully saturated rings. The molecule has 3 nitrogen and oxygen atoms in total. The second-order valence-corrected chi connectivity index (χ2v) is 6.48. The molecule has 1 aliphatic rings. The number of nitrogens with two attached hydrogens (primary N) is 1. The number of thiocarbonyl (C=S) groups is 1. The van der Waals surface area contributed by atoms with Crippen LogP contribution in [0.15, 0.2) is 24.3 Å². The average Bonchev–Trinajstić information content (AvgIpc) is 2.75. The topological polar surface area (TPSA) is 43.8 Å². The number of nitrogens with zero attached hydrogens (tertiary/aromatic N) is 2. The van der Waals surface area contributed by atoms with Gasteiger partial charge in [0.25, 0.3) is 0 Å². The Kier molecular flexibility index (Phi) is 3.74. The molecule has 0 spiro atoms. The van der Waals surface area contributed by atoms with E-state index in [0.29, 0.717) is 17.5 Å². The van der Waals surface area contributed by atoms with Gasteiger partial charge in [-0.15, -0.1) is 0 Å². The van der Waals surface area contributed by atoms with E-state index >= 15 is 0 Å². The molecule has 2 N–H and O–H groups in total. The van der Waals surface area contributed by atoms with Gasteiger partial charge < -0.3 is 10.3 Å². The fourth-order valence-electron chi connectivity index (χ4n) is 3.42. The summed E-state index contributed by atoms with van der Waals surface area (Å²) in [4.78, 5) is 5.27. The number of aromatic nitrogens is 2. The van der Waals surface area contributed by atoms with Crippen molar-refractivity contribution >= 4 is 28.2 Å². The van der Waals surface area contributed by atoms with Crippen LogP contribution in [0.4, 0.5) is 0 Å². The molecule has 1 aliphatic carbocycles. The molecular formula is C16H21N3S. The van der Waals surface area contributed by atoms with Crippen molar-refractivity contribution in [3.8, 4) is 0 Å². The maximum Gasteiger partial charge on any atom is 0.116 e. The highest BCUT2D eigenvalue weighted by atomic mass is 32.1. The van der Waals surface area contributed by atoms with Crippen LogP contribution in [0.1, 0.15) is 44.5 Å². The van der Waals surface area contributed by atoms with E-state index in [4.69, 9.17) is 22.9 Å². The third kappa shape index (κ3) is 2.57. The van der Waals surface area contributed by atoms with E-state index in [-0.39, 0.29) is 0 Å². The second kappa shape index (κ2) is 5.52. The van der Waals surface area contributed by atoms with Gasteiger partial charge >= 0.3 is 0 Å². The maximum atomic E-state index is 5.75. The van der Waals surface area contributed by atoms with Crippen molar-refractivity contribution < 1.29 is 0 Å². The van der Waals surface area contributed by atoms with E-state index in [1.807, 2.05) is 6.07 Å². The van der Waals surface area contributed by atoms with E-state index in [1.54, 1.807) is 0 Å². The molecule has 0 aliphatic heterocycles. The summed E-state index contributed by atoms with van der Waals surface area (Å²) in [5.41, 5.74) is 8.02. The highest BCUT2D eigenvalue weighted by Crippen LogP contribution is 2.35. The van der Waals surface area contributed by atoms with Gasteiger partial charge in [-0.25, -0.2) is 4.98 Å². The van der Waals surface area contributed by atoms with Crippen molar-refractivity contribution in [2.75, 3.05) is 0 Å². The lowest BCUT2D eigenvalue weighted by atomic mass is 9.86. The van der Waals surface area contributed by atoms with Gasteiger partial charge in [0.2, 0.25) is 0 Å². The van der Waals surface area contributed by atoms with E-state index in [9.17, 15) is 0 Å². The van der Waals surface area contributed by atoms with Crippen LogP contribution in [0.3, 0.4) is 0 Å². The molecule has 1 saturated carbocycles. The Morgan fingerprint density at radius 1 is 1.40 bits per heavy atom. The van der Waals surface area contributed by atoms with Crippen molar-refractivity contribution in [3.63, 3.8) is 0 Å². The van der Waals surface area contributed by atoms with Crippen LogP contribution in [0.2, 0.25) is 0 Å². The van der Waals surface area contributed by atoms with Crippen LogP contribution in [0, 0.1) is 5.92 Å². The molecule has 1 aromatic heterocycles. The zero-order valence-corrected chi connectivity index (χ0v) is 12.7. The number of hydrogen-bond acceptors (Lipinski definition) is 2. The Bertz CT molecular complexity index is 632. The van der Waals surface area contributed by atoms with Gasteiger partial charge in [0, 0.05) is 6.04 Å². The molecule has 0 radical (unpaired) electrons. The lowest BCUT2D eigenvalue weighted by Gasteiger charge is -2.29. The number of benzene rings is 1. The van der Waals surface area contributed by atoms with Crippen molar-refractivity contribution in [1.29, 1.82) is 0 Å². The van der Waals surface area contributed by atoms with E-state index in [1.165, 1.54) is 31.2 Å². The van der Waals surface area contributed by atoms with Gasteiger partial charge in [0.1, 0.15) is 5.82 Å². The molecule has 0 amide bonds. The van der Waals surface area contributed by atoms with Crippen molar-refractivity contribution in [2.24, 2.45) is 11.7 Å². The van der Waals surface area contributed by atoms with Crippen molar-refractivity contribution in [2.45, 2.75) is 45.1 Å². The zero-order valence-electron chi connectivity index (χ0n) is 11.9. The van der Waals surface area contributed by atoms with Crippen LogP contribution < -0.4 is 5.73 Å². The van der Waals surface area contributed by atoms with Gasteiger partial charge in [0.05, 0.1) is 22.4 Å². The predicted octanol–water partition coefficient (Wildman–Crippen LogP) is 3.62. The van der Waals surface area contributed by atoms with Gasteiger partial charge in [-0.1, -0.05) is 44.1 Å². The monoisotopic (exact) mass is 287 g/mol. The normalized spacial score (nSPS) is 23.1. The van der Waals surface area contributed by atoms with Gasteiger partial charge in [0.15, 0.2) is 0 Å². The highest BCUT2D eigenvalue weighted by molar-refractivity contribution is 7.80. The Labute approximate surface area is 125 Å². The van der Waals surface area contributed by atoms with Crippen LogP contribution in [-0.2, 0) is 6.42 Å².